The van der Waals surface area contributed by atoms with E-state index in [0.29, 0.717) is 0 Å². The van der Waals surface area contributed by atoms with Crippen LogP contribution >= 0.6 is 0 Å². The predicted octanol–water partition coefficient (Wildman–Crippen LogP) is 0.881. The maximum absolute atomic E-state index is 5.65. The summed E-state index contributed by atoms with van der Waals surface area (Å²) in [5.74, 6) is 0. The molecule has 18 heavy (non-hydrogen) atoms. The van der Waals surface area contributed by atoms with Crippen molar-refractivity contribution in [2.24, 2.45) is 0 Å². The fourth-order valence-corrected chi connectivity index (χ4v) is 2.43. The number of aromatic nitrogens is 2. The van der Waals surface area contributed by atoms with Crippen LogP contribution in [0.15, 0.2) is 12.4 Å². The summed E-state index contributed by atoms with van der Waals surface area (Å²) in [6.45, 7) is 11.3. The van der Waals surface area contributed by atoms with E-state index in [1.54, 1.807) is 6.20 Å². The van der Waals surface area contributed by atoms with Crippen molar-refractivity contribution in [3.05, 3.63) is 12.4 Å². The molecule has 2 rings (SSSR count). The summed E-state index contributed by atoms with van der Waals surface area (Å²) in [5.41, 5.74) is 6.40. The van der Waals surface area contributed by atoms with Gasteiger partial charge in [0.1, 0.15) is 0 Å². The van der Waals surface area contributed by atoms with Crippen LogP contribution in [0.1, 0.15) is 20.3 Å². The van der Waals surface area contributed by atoms with Crippen molar-refractivity contribution in [2.75, 3.05) is 38.5 Å². The molecule has 0 aromatic carbocycles. The van der Waals surface area contributed by atoms with Gasteiger partial charge >= 0.3 is 0 Å². The standard InChI is InChI=1S/C13H25N5/c1-3-12(2)17-7-4-16(5-8-17)6-9-18-11-13(14)10-15-18/h10-12H,3-9,14H2,1-2H3. The van der Waals surface area contributed by atoms with Crippen LogP contribution in [0.5, 0.6) is 0 Å². The molecular weight excluding hydrogens is 226 g/mol. The predicted molar refractivity (Wildman–Crippen MR) is 74.4 cm³/mol. The van der Waals surface area contributed by atoms with Crippen LogP contribution in [0.25, 0.3) is 0 Å². The molecule has 0 spiro atoms. The number of anilines is 1. The van der Waals surface area contributed by atoms with Crippen molar-refractivity contribution in [2.45, 2.75) is 32.9 Å². The second-order valence-electron chi connectivity index (χ2n) is 5.17. The number of nitrogens with zero attached hydrogens (tertiary/aromatic N) is 4. The fourth-order valence-electron chi connectivity index (χ4n) is 2.43. The van der Waals surface area contributed by atoms with Gasteiger partial charge < -0.3 is 5.73 Å². The van der Waals surface area contributed by atoms with E-state index in [9.17, 15) is 0 Å². The highest BCUT2D eigenvalue weighted by Gasteiger charge is 2.19. The second-order valence-corrected chi connectivity index (χ2v) is 5.17. The Hall–Kier alpha value is -1.07. The van der Waals surface area contributed by atoms with Crippen LogP contribution in [0.4, 0.5) is 5.69 Å². The number of hydrogen-bond donors (Lipinski definition) is 1. The lowest BCUT2D eigenvalue weighted by molar-refractivity contribution is 0.0977. The summed E-state index contributed by atoms with van der Waals surface area (Å²) in [7, 11) is 0. The molecule has 1 atom stereocenters. The van der Waals surface area contributed by atoms with Gasteiger partial charge in [-0.2, -0.15) is 5.10 Å². The Balaban J connectivity index is 1.70. The van der Waals surface area contributed by atoms with Gasteiger partial charge in [0, 0.05) is 45.0 Å². The highest BCUT2D eigenvalue weighted by Crippen LogP contribution is 2.08. The van der Waals surface area contributed by atoms with Gasteiger partial charge in [-0.25, -0.2) is 0 Å². The summed E-state index contributed by atoms with van der Waals surface area (Å²) in [6, 6.07) is 0.720. The summed E-state index contributed by atoms with van der Waals surface area (Å²) in [4.78, 5) is 5.10. The van der Waals surface area contributed by atoms with Crippen LogP contribution < -0.4 is 5.73 Å². The van der Waals surface area contributed by atoms with Gasteiger partial charge in [0.2, 0.25) is 0 Å². The van der Waals surface area contributed by atoms with E-state index in [0.717, 1.165) is 24.8 Å². The van der Waals surface area contributed by atoms with Crippen molar-refractivity contribution in [3.8, 4) is 0 Å². The van der Waals surface area contributed by atoms with Gasteiger partial charge in [-0.15, -0.1) is 0 Å². The average molecular weight is 251 g/mol. The maximum atomic E-state index is 5.65. The minimum atomic E-state index is 0.720. The molecule has 0 aliphatic carbocycles. The van der Waals surface area contributed by atoms with Crippen LogP contribution in [-0.4, -0.2) is 58.3 Å². The first-order valence-electron chi connectivity index (χ1n) is 6.93. The van der Waals surface area contributed by atoms with E-state index in [4.69, 9.17) is 5.73 Å². The van der Waals surface area contributed by atoms with Gasteiger partial charge in [-0.3, -0.25) is 14.5 Å². The second kappa shape index (κ2) is 6.20. The molecule has 0 saturated carbocycles. The smallest absolute Gasteiger partial charge is 0.0719 e. The van der Waals surface area contributed by atoms with Crippen molar-refractivity contribution >= 4 is 5.69 Å². The lowest BCUT2D eigenvalue weighted by Crippen LogP contribution is -2.50. The molecule has 2 N–H and O–H groups in total. The molecule has 1 aliphatic rings. The molecule has 5 nitrogen and oxygen atoms in total. The van der Waals surface area contributed by atoms with E-state index in [1.165, 1.54) is 32.6 Å². The van der Waals surface area contributed by atoms with E-state index < -0.39 is 0 Å². The molecule has 102 valence electrons. The molecule has 5 heteroatoms. The van der Waals surface area contributed by atoms with E-state index in [2.05, 4.69) is 28.7 Å². The SMILES string of the molecule is CCC(C)N1CCN(CCn2cc(N)cn2)CC1. The third-order valence-corrected chi connectivity index (χ3v) is 3.92. The zero-order chi connectivity index (χ0) is 13.0. The molecule has 2 heterocycles. The van der Waals surface area contributed by atoms with E-state index in [-0.39, 0.29) is 0 Å². The quantitative estimate of drug-likeness (QED) is 0.844. The van der Waals surface area contributed by atoms with Crippen LogP contribution in [0.2, 0.25) is 0 Å². The largest absolute Gasteiger partial charge is 0.396 e. The molecule has 1 saturated heterocycles. The lowest BCUT2D eigenvalue weighted by Gasteiger charge is -2.37. The first-order valence-corrected chi connectivity index (χ1v) is 6.93. The zero-order valence-corrected chi connectivity index (χ0v) is 11.5. The number of hydrogen-bond acceptors (Lipinski definition) is 4. The van der Waals surface area contributed by atoms with Crippen LogP contribution in [0, 0.1) is 0 Å². The summed E-state index contributed by atoms with van der Waals surface area (Å²) < 4.78 is 1.93. The first kappa shape index (κ1) is 13.4. The molecule has 0 amide bonds. The van der Waals surface area contributed by atoms with Gasteiger partial charge in [-0.1, -0.05) is 6.92 Å². The Morgan fingerprint density at radius 3 is 2.56 bits per heavy atom. The average Bonchev–Trinajstić information content (AvgIpc) is 2.82. The Morgan fingerprint density at radius 1 is 1.28 bits per heavy atom. The molecule has 1 aromatic heterocycles. The Kier molecular flexibility index (Phi) is 4.60. The Labute approximate surface area is 110 Å². The van der Waals surface area contributed by atoms with Gasteiger partial charge in [0.05, 0.1) is 18.4 Å². The minimum Gasteiger partial charge on any atom is -0.396 e. The Bertz CT molecular complexity index is 354. The van der Waals surface area contributed by atoms with Crippen molar-refractivity contribution in [1.29, 1.82) is 0 Å². The third-order valence-electron chi connectivity index (χ3n) is 3.92. The number of nitrogens with two attached hydrogens (primary N) is 1. The zero-order valence-electron chi connectivity index (χ0n) is 11.5. The van der Waals surface area contributed by atoms with Crippen LogP contribution in [-0.2, 0) is 6.54 Å². The maximum Gasteiger partial charge on any atom is 0.0719 e. The minimum absolute atomic E-state index is 0.720. The summed E-state index contributed by atoms with van der Waals surface area (Å²) >= 11 is 0. The van der Waals surface area contributed by atoms with Gasteiger partial charge in [0.25, 0.3) is 0 Å². The summed E-state index contributed by atoms with van der Waals surface area (Å²) in [5, 5.41) is 4.21. The lowest BCUT2D eigenvalue weighted by atomic mass is 10.2. The monoisotopic (exact) mass is 251 g/mol. The molecule has 0 bridgehead atoms. The highest BCUT2D eigenvalue weighted by atomic mass is 15.3. The highest BCUT2D eigenvalue weighted by molar-refractivity contribution is 5.30. The van der Waals surface area contributed by atoms with Crippen molar-refractivity contribution in [1.82, 2.24) is 19.6 Å². The molecular formula is C13H25N5. The fraction of sp³-hybridized carbons (Fsp3) is 0.769. The van der Waals surface area contributed by atoms with Crippen molar-refractivity contribution in [3.63, 3.8) is 0 Å². The van der Waals surface area contributed by atoms with Crippen molar-refractivity contribution < 1.29 is 0 Å². The number of rotatable bonds is 5. The number of piperazine rings is 1. The molecule has 1 unspecified atom stereocenters. The van der Waals surface area contributed by atoms with Crippen LogP contribution in [0.3, 0.4) is 0 Å². The summed E-state index contributed by atoms with van der Waals surface area (Å²) in [6.07, 6.45) is 4.85. The molecule has 1 fully saturated rings. The number of nitrogen functional groups attached to an aromatic ring is 1. The molecule has 1 aliphatic heterocycles. The molecule has 0 radical (unpaired) electrons. The Morgan fingerprint density at radius 2 is 2.00 bits per heavy atom. The topological polar surface area (TPSA) is 50.3 Å². The molecule has 1 aromatic rings. The van der Waals surface area contributed by atoms with Gasteiger partial charge in [-0.05, 0) is 13.3 Å². The van der Waals surface area contributed by atoms with E-state index >= 15 is 0 Å². The van der Waals surface area contributed by atoms with Gasteiger partial charge in [0.15, 0.2) is 0 Å². The normalized spacial score (nSPS) is 20.1. The first-order chi connectivity index (χ1) is 8.69. The third kappa shape index (κ3) is 3.46. The van der Waals surface area contributed by atoms with E-state index in [1.807, 2.05) is 10.9 Å².